The summed E-state index contributed by atoms with van der Waals surface area (Å²) < 4.78 is 0. The summed E-state index contributed by atoms with van der Waals surface area (Å²) in [6.07, 6.45) is 0. The molecule has 0 saturated heterocycles. The minimum atomic E-state index is 0.0651. The summed E-state index contributed by atoms with van der Waals surface area (Å²) in [5, 5.41) is 17.2. The maximum atomic E-state index is 14.1. The van der Waals surface area contributed by atoms with Gasteiger partial charge < -0.3 is 0 Å². The van der Waals surface area contributed by atoms with Crippen LogP contribution in [0.2, 0.25) is 0 Å². The molecule has 5 aromatic carbocycles. The van der Waals surface area contributed by atoms with Crippen LogP contribution in [0.15, 0.2) is 109 Å². The largest absolute Gasteiger partial charge is 0.289 e. The normalized spacial score (nSPS) is 11.0. The lowest BCUT2D eigenvalue weighted by atomic mass is 9.84. The van der Waals surface area contributed by atoms with Crippen LogP contribution in [-0.2, 0) is 5.11 Å². The second-order valence-corrected chi connectivity index (χ2v) is 8.02. The van der Waals surface area contributed by atoms with Crippen molar-refractivity contribution in [1.82, 2.24) is 0 Å². The molecule has 0 bridgehead atoms. The Hall–Kier alpha value is -3.41. The second kappa shape index (κ2) is 7.78. The zero-order valence-electron chi connectivity index (χ0n) is 16.4. The van der Waals surface area contributed by atoms with Gasteiger partial charge in [-0.1, -0.05) is 103 Å². The first-order valence-corrected chi connectivity index (χ1v) is 10.5. The Bertz CT molecular complexity index is 1330. The fraction of sp³-hybridized carbons (Fsp3) is 0. The third kappa shape index (κ3) is 3.18. The van der Waals surface area contributed by atoms with Gasteiger partial charge in [-0.05, 0) is 38.8 Å². The third-order valence-corrected chi connectivity index (χ3v) is 5.83. The first-order valence-electron chi connectivity index (χ1n) is 9.96. The molecule has 0 amide bonds. The Morgan fingerprint density at radius 3 is 1.47 bits per heavy atom. The van der Waals surface area contributed by atoms with Gasteiger partial charge in [-0.15, -0.1) is 9.24 Å². The highest BCUT2D eigenvalue weighted by Crippen LogP contribution is 2.50. The highest BCUT2D eigenvalue weighted by Gasteiger charge is 2.23. The van der Waals surface area contributed by atoms with Crippen molar-refractivity contribution in [3.05, 3.63) is 109 Å². The van der Waals surface area contributed by atoms with E-state index in [2.05, 4.69) is 39.6 Å². The third-order valence-electron chi connectivity index (χ3n) is 5.47. The minimum Gasteiger partial charge on any atom is -0.289 e. The summed E-state index contributed by atoms with van der Waals surface area (Å²) in [6, 6.07) is 36.5. The van der Waals surface area contributed by atoms with Crippen molar-refractivity contribution in [3.8, 4) is 39.1 Å². The standard InChI is InChI=1S/C28H20OP/c29-28-26(20-12-6-2-7-13-20)23-17-16-22(30)18-24(23)25(19-10-4-1-5-11-19)27(28)21-14-8-3-9-15-21/h1-18H,30H2. The Kier molecular flexibility index (Phi) is 4.83. The fourth-order valence-corrected chi connectivity index (χ4v) is 4.42. The summed E-state index contributed by atoms with van der Waals surface area (Å²) in [6.45, 7) is 0. The maximum Gasteiger partial charge on any atom is 0.195 e. The summed E-state index contributed by atoms with van der Waals surface area (Å²) in [5.41, 5.74) is 5.44. The molecule has 30 heavy (non-hydrogen) atoms. The van der Waals surface area contributed by atoms with Gasteiger partial charge in [0.15, 0.2) is 5.75 Å². The number of rotatable bonds is 3. The molecule has 0 saturated carbocycles. The predicted molar refractivity (Wildman–Crippen MR) is 130 cm³/mol. The quantitative estimate of drug-likeness (QED) is 0.278. The highest BCUT2D eigenvalue weighted by atomic mass is 31.0. The summed E-state index contributed by atoms with van der Waals surface area (Å²) in [7, 11) is 2.79. The van der Waals surface area contributed by atoms with E-state index in [0.29, 0.717) is 0 Å². The van der Waals surface area contributed by atoms with Gasteiger partial charge in [-0.2, -0.15) is 0 Å². The molecule has 0 heterocycles. The van der Waals surface area contributed by atoms with Gasteiger partial charge in [-0.3, -0.25) is 5.11 Å². The molecule has 2 heteroatoms. The Labute approximate surface area is 178 Å². The number of hydrogen-bond acceptors (Lipinski definition) is 0. The molecule has 143 valence electrons. The van der Waals surface area contributed by atoms with Crippen molar-refractivity contribution in [2.24, 2.45) is 0 Å². The van der Waals surface area contributed by atoms with Gasteiger partial charge in [0, 0.05) is 16.7 Å². The van der Waals surface area contributed by atoms with Gasteiger partial charge in [-0.25, -0.2) is 0 Å². The molecule has 1 radical (unpaired) electrons. The molecule has 0 aromatic heterocycles. The molecule has 5 rings (SSSR count). The van der Waals surface area contributed by atoms with Crippen LogP contribution in [-0.4, -0.2) is 0 Å². The Balaban J connectivity index is 2.01. The molecular formula is C28H20OP. The lowest BCUT2D eigenvalue weighted by Crippen LogP contribution is -1.96. The van der Waals surface area contributed by atoms with Crippen molar-refractivity contribution in [3.63, 3.8) is 0 Å². The van der Waals surface area contributed by atoms with Gasteiger partial charge >= 0.3 is 0 Å². The average Bonchev–Trinajstić information content (AvgIpc) is 2.80. The van der Waals surface area contributed by atoms with Crippen LogP contribution in [0, 0.1) is 0 Å². The van der Waals surface area contributed by atoms with Gasteiger partial charge in [0.05, 0.1) is 0 Å². The average molecular weight is 403 g/mol. The molecule has 1 unspecified atom stereocenters. The van der Waals surface area contributed by atoms with E-state index < -0.39 is 0 Å². The first kappa shape index (κ1) is 18.6. The minimum absolute atomic E-state index is 0.0651. The van der Waals surface area contributed by atoms with Crippen LogP contribution < -0.4 is 5.30 Å². The smallest absolute Gasteiger partial charge is 0.195 e. The fourth-order valence-electron chi connectivity index (χ4n) is 4.16. The van der Waals surface area contributed by atoms with E-state index >= 15 is 0 Å². The van der Waals surface area contributed by atoms with Crippen LogP contribution in [0.1, 0.15) is 0 Å². The molecule has 1 atom stereocenters. The summed E-state index contributed by atoms with van der Waals surface area (Å²) in [5.74, 6) is 0.0651. The van der Waals surface area contributed by atoms with Crippen molar-refractivity contribution in [1.29, 1.82) is 0 Å². The molecule has 1 nitrogen and oxygen atoms in total. The van der Waals surface area contributed by atoms with E-state index in [1.165, 1.54) is 0 Å². The molecule has 0 N–H and O–H groups in total. The number of fused-ring (bicyclic) bond motifs is 1. The Morgan fingerprint density at radius 2 is 0.933 bits per heavy atom. The van der Waals surface area contributed by atoms with Gasteiger partial charge in [0.1, 0.15) is 0 Å². The number of benzene rings is 5. The monoisotopic (exact) mass is 403 g/mol. The van der Waals surface area contributed by atoms with Crippen molar-refractivity contribution in [2.75, 3.05) is 0 Å². The van der Waals surface area contributed by atoms with Crippen molar-refractivity contribution in [2.45, 2.75) is 0 Å². The zero-order valence-corrected chi connectivity index (χ0v) is 17.5. The Morgan fingerprint density at radius 1 is 0.467 bits per heavy atom. The van der Waals surface area contributed by atoms with Crippen molar-refractivity contribution < 1.29 is 5.11 Å². The summed E-state index contributed by atoms with van der Waals surface area (Å²) in [4.78, 5) is 0. The van der Waals surface area contributed by atoms with Crippen LogP contribution in [0.25, 0.3) is 44.2 Å². The van der Waals surface area contributed by atoms with Crippen molar-refractivity contribution >= 4 is 25.3 Å². The first-order chi connectivity index (χ1) is 14.7. The van der Waals surface area contributed by atoms with E-state index in [9.17, 15) is 5.11 Å². The molecular weight excluding hydrogens is 383 g/mol. The second-order valence-electron chi connectivity index (χ2n) is 7.36. The SMILES string of the molecule is [O]c1c(-c2ccccc2)c(-c2ccccc2)c2cc(P)ccc2c1-c1ccccc1. The molecule has 0 fully saturated rings. The lowest BCUT2D eigenvalue weighted by Gasteiger charge is -2.19. The van der Waals surface area contributed by atoms with Crippen LogP contribution >= 0.6 is 9.24 Å². The number of hydrogen-bond donors (Lipinski definition) is 0. The van der Waals surface area contributed by atoms with E-state index in [1.807, 2.05) is 78.9 Å². The van der Waals surface area contributed by atoms with Gasteiger partial charge in [0.25, 0.3) is 0 Å². The topological polar surface area (TPSA) is 19.9 Å². The van der Waals surface area contributed by atoms with Crippen LogP contribution in [0.4, 0.5) is 0 Å². The van der Waals surface area contributed by atoms with Gasteiger partial charge in [0.2, 0.25) is 0 Å². The van der Waals surface area contributed by atoms with Crippen LogP contribution in [0.3, 0.4) is 0 Å². The molecule has 0 aliphatic carbocycles. The molecule has 0 aliphatic rings. The molecule has 5 aromatic rings. The molecule has 0 spiro atoms. The van der Waals surface area contributed by atoms with E-state index in [-0.39, 0.29) is 5.75 Å². The maximum absolute atomic E-state index is 14.1. The zero-order chi connectivity index (χ0) is 20.5. The predicted octanol–water partition coefficient (Wildman–Crippen LogP) is 7.49. The van der Waals surface area contributed by atoms with Crippen LogP contribution in [0.5, 0.6) is 5.75 Å². The lowest BCUT2D eigenvalue weighted by molar-refractivity contribution is 0.359. The van der Waals surface area contributed by atoms with E-state index in [4.69, 9.17) is 0 Å². The van der Waals surface area contributed by atoms with E-state index in [1.54, 1.807) is 0 Å². The summed E-state index contributed by atoms with van der Waals surface area (Å²) >= 11 is 0. The highest BCUT2D eigenvalue weighted by molar-refractivity contribution is 7.27. The van der Waals surface area contributed by atoms with E-state index in [0.717, 1.165) is 49.5 Å². The molecule has 0 aliphatic heterocycles.